The van der Waals surface area contributed by atoms with Crippen LogP contribution in [0.5, 0.6) is 0 Å². The minimum absolute atomic E-state index is 0.417. The van der Waals surface area contributed by atoms with Crippen molar-refractivity contribution in [3.63, 3.8) is 0 Å². The van der Waals surface area contributed by atoms with Gasteiger partial charge in [-0.05, 0) is 24.0 Å². The quantitative estimate of drug-likeness (QED) is 0.926. The molecule has 0 radical (unpaired) electrons. The van der Waals surface area contributed by atoms with E-state index < -0.39 is 0 Å². The molecule has 1 atom stereocenters. The molecule has 1 spiro atoms. The van der Waals surface area contributed by atoms with Gasteiger partial charge in [0.05, 0.1) is 0 Å². The molecule has 0 aromatic heterocycles. The molecule has 1 aliphatic carbocycles. The Morgan fingerprint density at radius 1 is 0.952 bits per heavy atom. The highest BCUT2D eigenvalue weighted by atomic mass is 15.3. The Kier molecular flexibility index (Phi) is 3.28. The number of piperazine rings is 1. The van der Waals surface area contributed by atoms with E-state index in [4.69, 9.17) is 0 Å². The lowest BCUT2D eigenvalue weighted by Crippen LogP contribution is -2.53. The van der Waals surface area contributed by atoms with E-state index in [0.29, 0.717) is 11.6 Å². The molecule has 21 heavy (non-hydrogen) atoms. The van der Waals surface area contributed by atoms with Gasteiger partial charge in [-0.15, -0.1) is 0 Å². The first-order valence-corrected chi connectivity index (χ1v) is 7.93. The zero-order valence-corrected chi connectivity index (χ0v) is 12.3. The predicted octanol–water partition coefficient (Wildman–Crippen LogP) is 3.37. The minimum atomic E-state index is 0.417. The van der Waals surface area contributed by atoms with Crippen LogP contribution < -0.4 is 5.32 Å². The molecule has 0 bridgehead atoms. The highest BCUT2D eigenvalue weighted by Crippen LogP contribution is 2.41. The van der Waals surface area contributed by atoms with Crippen molar-refractivity contribution in [2.75, 3.05) is 13.1 Å². The maximum absolute atomic E-state index is 3.79. The van der Waals surface area contributed by atoms with Crippen LogP contribution in [0.2, 0.25) is 0 Å². The van der Waals surface area contributed by atoms with Crippen LogP contribution in [0.15, 0.2) is 60.7 Å². The first kappa shape index (κ1) is 13.1. The number of nitrogens with one attached hydrogen (secondary N) is 1. The van der Waals surface area contributed by atoms with Crippen LogP contribution >= 0.6 is 0 Å². The molecule has 1 heterocycles. The Labute approximate surface area is 126 Å². The Bertz CT molecular complexity index is 589. The van der Waals surface area contributed by atoms with Crippen molar-refractivity contribution in [3.05, 3.63) is 71.8 Å². The average molecular weight is 278 g/mol. The lowest BCUT2D eigenvalue weighted by Gasteiger charge is -2.41. The van der Waals surface area contributed by atoms with E-state index in [2.05, 4.69) is 70.9 Å². The fourth-order valence-corrected chi connectivity index (χ4v) is 3.47. The summed E-state index contributed by atoms with van der Waals surface area (Å²) in [6, 6.07) is 22.3. The van der Waals surface area contributed by atoms with E-state index in [0.717, 1.165) is 13.1 Å². The average Bonchev–Trinajstić information content (AvgIpc) is 3.28. The molecule has 1 saturated carbocycles. The lowest BCUT2D eigenvalue weighted by atomic mass is 9.99. The van der Waals surface area contributed by atoms with Gasteiger partial charge in [0.2, 0.25) is 0 Å². The monoisotopic (exact) mass is 278 g/mol. The van der Waals surface area contributed by atoms with Gasteiger partial charge >= 0.3 is 0 Å². The predicted molar refractivity (Wildman–Crippen MR) is 86.0 cm³/mol. The minimum Gasteiger partial charge on any atom is -0.308 e. The van der Waals surface area contributed by atoms with E-state index in [-0.39, 0.29) is 0 Å². The summed E-state index contributed by atoms with van der Waals surface area (Å²) in [5, 5.41) is 3.79. The molecule has 1 aliphatic heterocycles. The Hall–Kier alpha value is -1.64. The highest BCUT2D eigenvalue weighted by molar-refractivity contribution is 5.23. The van der Waals surface area contributed by atoms with Crippen molar-refractivity contribution >= 4 is 0 Å². The third-order valence-corrected chi connectivity index (χ3v) is 4.88. The van der Waals surface area contributed by atoms with Gasteiger partial charge in [0.1, 0.15) is 0 Å². The summed E-state index contributed by atoms with van der Waals surface area (Å²) in [7, 11) is 0. The molecular formula is C19H22N2. The van der Waals surface area contributed by atoms with Crippen LogP contribution in [0, 0.1) is 0 Å². The van der Waals surface area contributed by atoms with Gasteiger partial charge < -0.3 is 5.32 Å². The molecule has 4 rings (SSSR count). The molecule has 0 amide bonds. The number of rotatable bonds is 3. The topological polar surface area (TPSA) is 15.3 Å². The highest BCUT2D eigenvalue weighted by Gasteiger charge is 2.47. The van der Waals surface area contributed by atoms with Crippen LogP contribution in [0.4, 0.5) is 0 Å². The molecule has 2 heteroatoms. The summed E-state index contributed by atoms with van der Waals surface area (Å²) >= 11 is 0. The van der Waals surface area contributed by atoms with E-state index in [1.54, 1.807) is 0 Å². The van der Waals surface area contributed by atoms with Crippen LogP contribution in [0.3, 0.4) is 0 Å². The van der Waals surface area contributed by atoms with E-state index >= 15 is 0 Å². The third-order valence-electron chi connectivity index (χ3n) is 4.88. The summed E-state index contributed by atoms with van der Waals surface area (Å²) in [6.45, 7) is 3.28. The van der Waals surface area contributed by atoms with Crippen LogP contribution in [0.25, 0.3) is 0 Å². The smallest absolute Gasteiger partial charge is 0.0477 e. The zero-order chi connectivity index (χ0) is 14.1. The van der Waals surface area contributed by atoms with E-state index in [1.165, 1.54) is 30.5 Å². The molecule has 2 aliphatic rings. The Morgan fingerprint density at radius 2 is 1.62 bits per heavy atom. The van der Waals surface area contributed by atoms with Crippen LogP contribution in [-0.2, 0) is 6.54 Å². The molecule has 2 fully saturated rings. The molecule has 1 saturated heterocycles. The van der Waals surface area contributed by atoms with Crippen molar-refractivity contribution in [1.82, 2.24) is 10.2 Å². The van der Waals surface area contributed by atoms with Crippen molar-refractivity contribution in [2.45, 2.75) is 31.0 Å². The standard InChI is InChI=1S/C19H22N2/c1-3-7-16(8-4-1)14-21-15-19(11-12-19)20-13-18(21)17-9-5-2-6-10-17/h1-10,18,20H,11-15H2. The maximum atomic E-state index is 3.79. The number of benzene rings is 2. The van der Waals surface area contributed by atoms with Crippen molar-refractivity contribution in [1.29, 1.82) is 0 Å². The van der Waals surface area contributed by atoms with Gasteiger partial charge in [-0.2, -0.15) is 0 Å². The van der Waals surface area contributed by atoms with Gasteiger partial charge in [0, 0.05) is 31.2 Å². The van der Waals surface area contributed by atoms with Gasteiger partial charge in [0.15, 0.2) is 0 Å². The van der Waals surface area contributed by atoms with Crippen LogP contribution in [0.1, 0.15) is 30.0 Å². The van der Waals surface area contributed by atoms with Gasteiger partial charge in [-0.25, -0.2) is 0 Å². The van der Waals surface area contributed by atoms with Crippen molar-refractivity contribution in [3.8, 4) is 0 Å². The summed E-state index contributed by atoms with van der Waals surface area (Å²) in [5.41, 5.74) is 3.26. The zero-order valence-electron chi connectivity index (χ0n) is 12.3. The molecule has 2 nitrogen and oxygen atoms in total. The maximum Gasteiger partial charge on any atom is 0.0477 e. The molecular weight excluding hydrogens is 256 g/mol. The summed E-state index contributed by atoms with van der Waals surface area (Å²) in [5.74, 6) is 0. The van der Waals surface area contributed by atoms with Crippen molar-refractivity contribution < 1.29 is 0 Å². The fourth-order valence-electron chi connectivity index (χ4n) is 3.47. The number of nitrogens with zero attached hydrogens (tertiary/aromatic N) is 1. The normalized spacial score (nSPS) is 24.1. The number of hydrogen-bond acceptors (Lipinski definition) is 2. The molecule has 2 aromatic rings. The summed E-state index contributed by atoms with van der Waals surface area (Å²) in [4.78, 5) is 2.66. The van der Waals surface area contributed by atoms with Crippen molar-refractivity contribution in [2.24, 2.45) is 0 Å². The third kappa shape index (κ3) is 2.74. The van der Waals surface area contributed by atoms with Gasteiger partial charge in [-0.3, -0.25) is 4.90 Å². The molecule has 2 aromatic carbocycles. The SMILES string of the molecule is c1ccc(CN2CC3(CC3)NCC2c2ccccc2)cc1. The second-order valence-electron chi connectivity index (χ2n) is 6.48. The molecule has 1 N–H and O–H groups in total. The summed E-state index contributed by atoms with van der Waals surface area (Å²) in [6.07, 6.45) is 2.67. The largest absolute Gasteiger partial charge is 0.308 e. The van der Waals surface area contributed by atoms with Crippen LogP contribution in [-0.4, -0.2) is 23.5 Å². The lowest BCUT2D eigenvalue weighted by molar-refractivity contribution is 0.114. The fraction of sp³-hybridized carbons (Fsp3) is 0.368. The first-order chi connectivity index (χ1) is 10.3. The molecule has 1 unspecified atom stereocenters. The van der Waals surface area contributed by atoms with E-state index in [1.807, 2.05) is 0 Å². The second-order valence-corrected chi connectivity index (χ2v) is 6.48. The van der Waals surface area contributed by atoms with E-state index in [9.17, 15) is 0 Å². The van der Waals surface area contributed by atoms with Gasteiger partial charge in [0.25, 0.3) is 0 Å². The Morgan fingerprint density at radius 3 is 2.29 bits per heavy atom. The number of hydrogen-bond donors (Lipinski definition) is 1. The van der Waals surface area contributed by atoms with Gasteiger partial charge in [-0.1, -0.05) is 60.7 Å². The second kappa shape index (κ2) is 5.28. The summed E-state index contributed by atoms with van der Waals surface area (Å²) < 4.78 is 0. The molecule has 108 valence electrons. The first-order valence-electron chi connectivity index (χ1n) is 7.93. The Balaban J connectivity index is 1.59.